The second-order valence-corrected chi connectivity index (χ2v) is 6.62. The summed E-state index contributed by atoms with van der Waals surface area (Å²) in [6.45, 7) is 3.16. The number of thiazole rings is 1. The highest BCUT2D eigenvalue weighted by molar-refractivity contribution is 7.22. The molecule has 0 bridgehead atoms. The Morgan fingerprint density at radius 2 is 1.86 bits per heavy atom. The van der Waals surface area contributed by atoms with E-state index in [1.807, 2.05) is 0 Å². The molecular weight excluding hydrogens is 288 g/mol. The van der Waals surface area contributed by atoms with Crippen molar-refractivity contribution in [2.75, 3.05) is 11.9 Å². The lowest BCUT2D eigenvalue weighted by molar-refractivity contribution is 0.796. The number of nitrogens with one attached hydrogen (secondary N) is 1. The highest BCUT2D eigenvalue weighted by Gasteiger charge is 2.04. The molecule has 1 N–H and O–H groups in total. The summed E-state index contributed by atoms with van der Waals surface area (Å²) in [7, 11) is 0. The molecule has 0 atom stereocenters. The van der Waals surface area contributed by atoms with E-state index in [0.717, 1.165) is 23.6 Å². The number of hydrogen-bond donors (Lipinski definition) is 1. The minimum absolute atomic E-state index is 0.923. The molecule has 0 unspecified atom stereocenters. The Hall–Kier alpha value is -1.87. The first kappa shape index (κ1) is 15.0. The van der Waals surface area contributed by atoms with E-state index in [4.69, 9.17) is 0 Å². The van der Waals surface area contributed by atoms with Gasteiger partial charge in [0.15, 0.2) is 5.13 Å². The third-order valence-electron chi connectivity index (χ3n) is 3.80. The quantitative estimate of drug-likeness (QED) is 0.641. The third kappa shape index (κ3) is 3.86. The molecule has 0 saturated carbocycles. The van der Waals surface area contributed by atoms with Crippen LogP contribution in [0.2, 0.25) is 0 Å². The molecule has 3 heteroatoms. The number of aryl methyl sites for hydroxylation is 1. The maximum Gasteiger partial charge on any atom is 0.183 e. The van der Waals surface area contributed by atoms with Gasteiger partial charge in [-0.3, -0.25) is 0 Å². The van der Waals surface area contributed by atoms with Gasteiger partial charge in [0.25, 0.3) is 0 Å². The van der Waals surface area contributed by atoms with E-state index < -0.39 is 0 Å². The summed E-state index contributed by atoms with van der Waals surface area (Å²) in [6, 6.07) is 17.2. The number of fused-ring (bicyclic) bond motifs is 1. The zero-order valence-electron chi connectivity index (χ0n) is 13.0. The van der Waals surface area contributed by atoms with E-state index in [9.17, 15) is 0 Å². The molecule has 2 nitrogen and oxygen atoms in total. The van der Waals surface area contributed by atoms with Gasteiger partial charge in [0.1, 0.15) is 0 Å². The van der Waals surface area contributed by atoms with Crippen molar-refractivity contribution in [2.45, 2.75) is 32.6 Å². The molecule has 0 amide bonds. The number of anilines is 1. The summed E-state index contributed by atoms with van der Waals surface area (Å²) in [6.07, 6.45) is 4.69. The summed E-state index contributed by atoms with van der Waals surface area (Å²) in [5.41, 5.74) is 3.89. The second-order valence-electron chi connectivity index (χ2n) is 5.59. The van der Waals surface area contributed by atoms with Crippen molar-refractivity contribution in [3.8, 4) is 0 Å². The van der Waals surface area contributed by atoms with Crippen LogP contribution in [-0.4, -0.2) is 11.5 Å². The fourth-order valence-electron chi connectivity index (χ4n) is 2.54. The molecule has 0 aliphatic rings. The summed E-state index contributed by atoms with van der Waals surface area (Å²) >= 11 is 1.76. The lowest BCUT2D eigenvalue weighted by Gasteiger charge is -2.02. The number of rotatable bonds is 7. The molecule has 114 valence electrons. The van der Waals surface area contributed by atoms with Crippen LogP contribution in [0, 0.1) is 0 Å². The van der Waals surface area contributed by atoms with Gasteiger partial charge < -0.3 is 5.32 Å². The van der Waals surface area contributed by atoms with Gasteiger partial charge in [0, 0.05) is 6.54 Å². The minimum atomic E-state index is 0.923. The number of hydrogen-bond acceptors (Lipinski definition) is 3. The normalized spacial score (nSPS) is 11.0. The Labute approximate surface area is 136 Å². The van der Waals surface area contributed by atoms with E-state index in [-0.39, 0.29) is 0 Å². The van der Waals surface area contributed by atoms with Crippen molar-refractivity contribution in [2.24, 2.45) is 0 Å². The van der Waals surface area contributed by atoms with Crippen LogP contribution in [0.25, 0.3) is 10.2 Å². The maximum atomic E-state index is 4.67. The fraction of sp³-hybridized carbons (Fsp3) is 0.316. The minimum Gasteiger partial charge on any atom is -0.361 e. The Morgan fingerprint density at radius 1 is 1.00 bits per heavy atom. The zero-order chi connectivity index (χ0) is 15.2. The van der Waals surface area contributed by atoms with E-state index in [0.29, 0.717) is 0 Å². The maximum absolute atomic E-state index is 4.67. The highest BCUT2D eigenvalue weighted by Crippen LogP contribution is 2.27. The first-order chi connectivity index (χ1) is 10.8. The van der Waals surface area contributed by atoms with Crippen LogP contribution in [0.3, 0.4) is 0 Å². The van der Waals surface area contributed by atoms with Gasteiger partial charge >= 0.3 is 0 Å². The molecule has 0 radical (unpaired) electrons. The van der Waals surface area contributed by atoms with E-state index in [1.165, 1.54) is 35.1 Å². The van der Waals surface area contributed by atoms with E-state index in [1.54, 1.807) is 11.3 Å². The Morgan fingerprint density at radius 3 is 2.68 bits per heavy atom. The second kappa shape index (κ2) is 7.41. The monoisotopic (exact) mass is 310 g/mol. The van der Waals surface area contributed by atoms with Gasteiger partial charge in [-0.05, 0) is 42.5 Å². The van der Waals surface area contributed by atoms with Crippen LogP contribution in [0.5, 0.6) is 0 Å². The smallest absolute Gasteiger partial charge is 0.183 e. The third-order valence-corrected chi connectivity index (χ3v) is 4.78. The first-order valence-corrected chi connectivity index (χ1v) is 8.84. The molecule has 3 aromatic rings. The number of nitrogens with zero attached hydrogens (tertiary/aromatic N) is 1. The van der Waals surface area contributed by atoms with Crippen molar-refractivity contribution >= 4 is 26.7 Å². The molecule has 3 rings (SSSR count). The number of unbranched alkanes of at least 4 members (excludes halogenated alkanes) is 1. The van der Waals surface area contributed by atoms with Crippen molar-refractivity contribution in [3.05, 3.63) is 59.7 Å². The highest BCUT2D eigenvalue weighted by atomic mass is 32.1. The van der Waals surface area contributed by atoms with E-state index in [2.05, 4.69) is 65.8 Å². The Bertz CT molecular complexity index is 719. The molecule has 0 saturated heterocycles. The topological polar surface area (TPSA) is 24.9 Å². The van der Waals surface area contributed by atoms with Gasteiger partial charge in [0.05, 0.1) is 10.2 Å². The number of aromatic nitrogens is 1. The molecule has 1 heterocycles. The van der Waals surface area contributed by atoms with Gasteiger partial charge in [0.2, 0.25) is 0 Å². The summed E-state index contributed by atoms with van der Waals surface area (Å²) in [4.78, 5) is 4.67. The van der Waals surface area contributed by atoms with Crippen LogP contribution in [-0.2, 0) is 12.8 Å². The average Bonchev–Trinajstić information content (AvgIpc) is 2.96. The van der Waals surface area contributed by atoms with Crippen LogP contribution in [0.15, 0.2) is 48.5 Å². The molecule has 0 fully saturated rings. The lowest BCUT2D eigenvalue weighted by Crippen LogP contribution is -2.04. The summed E-state index contributed by atoms with van der Waals surface area (Å²) in [5, 5.41) is 4.48. The molecule has 0 spiro atoms. The van der Waals surface area contributed by atoms with Crippen LogP contribution < -0.4 is 5.32 Å². The Balaban J connectivity index is 1.62. The van der Waals surface area contributed by atoms with Crippen molar-refractivity contribution in [3.63, 3.8) is 0 Å². The molecule has 0 aliphatic heterocycles. The van der Waals surface area contributed by atoms with Crippen molar-refractivity contribution in [1.82, 2.24) is 4.98 Å². The fourth-order valence-corrected chi connectivity index (χ4v) is 3.49. The summed E-state index contributed by atoms with van der Waals surface area (Å²) < 4.78 is 1.29. The molecule has 0 aliphatic carbocycles. The van der Waals surface area contributed by atoms with Crippen molar-refractivity contribution < 1.29 is 0 Å². The van der Waals surface area contributed by atoms with Crippen molar-refractivity contribution in [1.29, 1.82) is 0 Å². The van der Waals surface area contributed by atoms with Gasteiger partial charge in [-0.1, -0.05) is 61.1 Å². The molecule has 1 aromatic heterocycles. The Kier molecular flexibility index (Phi) is 5.07. The molecule has 2 aromatic carbocycles. The average molecular weight is 310 g/mol. The molecular formula is C19H22N2S. The first-order valence-electron chi connectivity index (χ1n) is 8.02. The van der Waals surface area contributed by atoms with Gasteiger partial charge in [-0.15, -0.1) is 0 Å². The van der Waals surface area contributed by atoms with Crippen LogP contribution >= 0.6 is 11.3 Å². The predicted octanol–water partition coefficient (Wildman–Crippen LogP) is 5.29. The largest absolute Gasteiger partial charge is 0.361 e. The van der Waals surface area contributed by atoms with Gasteiger partial charge in [-0.25, -0.2) is 4.98 Å². The SMILES string of the molecule is CCCCc1ccc2nc(NCCc3ccccc3)sc2c1. The van der Waals surface area contributed by atoms with E-state index >= 15 is 0 Å². The standard InChI is InChI=1S/C19H22N2S/c1-2-3-7-16-10-11-17-18(14-16)22-19(21-17)20-13-12-15-8-5-4-6-9-15/h4-6,8-11,14H,2-3,7,12-13H2,1H3,(H,20,21). The molecule has 22 heavy (non-hydrogen) atoms. The number of benzene rings is 2. The summed E-state index contributed by atoms with van der Waals surface area (Å²) in [5.74, 6) is 0. The van der Waals surface area contributed by atoms with Gasteiger partial charge in [-0.2, -0.15) is 0 Å². The predicted molar refractivity (Wildman–Crippen MR) is 96.9 cm³/mol. The van der Waals surface area contributed by atoms with Crippen LogP contribution in [0.1, 0.15) is 30.9 Å². The lowest BCUT2D eigenvalue weighted by atomic mass is 10.1. The zero-order valence-corrected chi connectivity index (χ0v) is 13.8. The van der Waals surface area contributed by atoms with Crippen LogP contribution in [0.4, 0.5) is 5.13 Å².